The summed E-state index contributed by atoms with van der Waals surface area (Å²) in [7, 11) is 0. The van der Waals surface area contributed by atoms with Crippen LogP contribution < -0.4 is 11.1 Å². The molecular weight excluding hydrogens is 260 g/mol. The van der Waals surface area contributed by atoms with Crippen LogP contribution in [0.5, 0.6) is 0 Å². The molecule has 1 aromatic rings. The average Bonchev–Trinajstić information content (AvgIpc) is 2.18. The van der Waals surface area contributed by atoms with E-state index in [4.69, 9.17) is 10.8 Å². The third kappa shape index (κ3) is 3.21. The molecule has 0 aliphatic rings. The fraction of sp³-hybridized carbons (Fsp3) is 0.300. The Hall–Kier alpha value is -1.07. The van der Waals surface area contributed by atoms with Gasteiger partial charge in [-0.3, -0.25) is 4.79 Å². The van der Waals surface area contributed by atoms with Gasteiger partial charge in [-0.2, -0.15) is 0 Å². The van der Waals surface area contributed by atoms with E-state index in [1.807, 2.05) is 0 Å². The number of nitrogens with one attached hydrogen (secondary N) is 1. The minimum atomic E-state index is -0.561. The Morgan fingerprint density at radius 2 is 2.33 bits per heavy atom. The minimum Gasteiger partial charge on any atom is -0.398 e. The first-order chi connectivity index (χ1) is 7.02. The van der Waals surface area contributed by atoms with Crippen LogP contribution >= 0.6 is 15.9 Å². The lowest BCUT2D eigenvalue weighted by molar-refractivity contribution is 0.0923. The second-order valence-corrected chi connectivity index (χ2v) is 4.06. The van der Waals surface area contributed by atoms with Crippen molar-refractivity contribution in [3.05, 3.63) is 28.2 Å². The van der Waals surface area contributed by atoms with Gasteiger partial charge >= 0.3 is 0 Å². The molecule has 0 aliphatic heterocycles. The molecule has 1 amide bonds. The van der Waals surface area contributed by atoms with Crippen LogP contribution in [0.2, 0.25) is 0 Å². The number of aliphatic hydroxyl groups is 1. The molecular formula is C10H13BrN2O2. The molecule has 0 unspecified atom stereocenters. The Balaban J connectivity index is 2.78. The number of rotatable bonds is 3. The molecule has 15 heavy (non-hydrogen) atoms. The van der Waals surface area contributed by atoms with E-state index in [0.717, 1.165) is 0 Å². The molecule has 1 aromatic carbocycles. The zero-order valence-electron chi connectivity index (χ0n) is 8.33. The molecule has 0 saturated carbocycles. The summed E-state index contributed by atoms with van der Waals surface area (Å²) in [6.45, 7) is 1.83. The first-order valence-corrected chi connectivity index (χ1v) is 5.32. The zero-order chi connectivity index (χ0) is 11.4. The zero-order valence-corrected chi connectivity index (χ0v) is 9.91. The van der Waals surface area contributed by atoms with Gasteiger partial charge in [-0.05, 0) is 35.0 Å². The molecule has 1 rings (SSSR count). The molecule has 1 atom stereocenters. The number of nitrogen functional groups attached to an aromatic ring is 1. The van der Waals surface area contributed by atoms with Gasteiger partial charge in [-0.1, -0.05) is 6.07 Å². The van der Waals surface area contributed by atoms with Crippen molar-refractivity contribution in [3.8, 4) is 0 Å². The van der Waals surface area contributed by atoms with Crippen LogP contribution in [0.15, 0.2) is 22.7 Å². The molecule has 5 heteroatoms. The van der Waals surface area contributed by atoms with Crippen molar-refractivity contribution < 1.29 is 9.90 Å². The van der Waals surface area contributed by atoms with Gasteiger partial charge in [0.1, 0.15) is 0 Å². The van der Waals surface area contributed by atoms with Gasteiger partial charge < -0.3 is 16.2 Å². The average molecular weight is 273 g/mol. The maximum atomic E-state index is 11.6. The number of carbonyl (C=O) groups is 1. The van der Waals surface area contributed by atoms with Crippen molar-refractivity contribution in [2.75, 3.05) is 12.3 Å². The standard InChI is InChI=1S/C10H13BrN2O2/c1-6(14)5-13-10(15)7-3-2-4-8(12)9(7)11/h2-4,6,14H,5,12H2,1H3,(H,13,15)/t6-/m0/s1. The SMILES string of the molecule is C[C@H](O)CNC(=O)c1cccc(N)c1Br. The topological polar surface area (TPSA) is 75.3 Å². The van der Waals surface area contributed by atoms with E-state index in [2.05, 4.69) is 21.2 Å². The van der Waals surface area contributed by atoms with E-state index in [1.54, 1.807) is 25.1 Å². The van der Waals surface area contributed by atoms with Crippen LogP contribution in [0, 0.1) is 0 Å². The van der Waals surface area contributed by atoms with E-state index < -0.39 is 6.10 Å². The van der Waals surface area contributed by atoms with Gasteiger partial charge in [-0.25, -0.2) is 0 Å². The summed E-state index contributed by atoms with van der Waals surface area (Å²) in [5.41, 5.74) is 6.62. The van der Waals surface area contributed by atoms with Crippen LogP contribution in [0.4, 0.5) is 5.69 Å². The van der Waals surface area contributed by atoms with Gasteiger partial charge in [0.05, 0.1) is 16.1 Å². The van der Waals surface area contributed by atoms with Gasteiger partial charge in [0.25, 0.3) is 5.91 Å². The Bertz CT molecular complexity index is 366. The maximum Gasteiger partial charge on any atom is 0.252 e. The Morgan fingerprint density at radius 3 is 2.93 bits per heavy atom. The number of benzene rings is 1. The number of hydrogen-bond donors (Lipinski definition) is 3. The lowest BCUT2D eigenvalue weighted by atomic mass is 10.2. The first kappa shape index (κ1) is 12.0. The summed E-state index contributed by atoms with van der Waals surface area (Å²) < 4.78 is 0.577. The van der Waals surface area contributed by atoms with Crippen LogP contribution in [0.3, 0.4) is 0 Å². The predicted molar refractivity (Wildman–Crippen MR) is 62.6 cm³/mol. The largest absolute Gasteiger partial charge is 0.398 e. The predicted octanol–water partition coefficient (Wildman–Crippen LogP) is 1.14. The van der Waals surface area contributed by atoms with Crippen molar-refractivity contribution in [3.63, 3.8) is 0 Å². The van der Waals surface area contributed by atoms with Crippen molar-refractivity contribution in [2.24, 2.45) is 0 Å². The molecule has 0 radical (unpaired) electrons. The lowest BCUT2D eigenvalue weighted by Gasteiger charge is -2.09. The summed E-state index contributed by atoms with van der Waals surface area (Å²) in [5.74, 6) is -0.255. The molecule has 82 valence electrons. The van der Waals surface area contributed by atoms with Crippen molar-refractivity contribution >= 4 is 27.5 Å². The van der Waals surface area contributed by atoms with Gasteiger partial charge in [0.15, 0.2) is 0 Å². The van der Waals surface area contributed by atoms with Crippen LogP contribution in [0.25, 0.3) is 0 Å². The van der Waals surface area contributed by atoms with Gasteiger partial charge in [-0.15, -0.1) is 0 Å². The molecule has 0 saturated heterocycles. The Labute approximate surface area is 96.6 Å². The molecule has 0 aliphatic carbocycles. The van der Waals surface area contributed by atoms with E-state index in [0.29, 0.717) is 15.7 Å². The molecule has 0 bridgehead atoms. The van der Waals surface area contributed by atoms with Crippen LogP contribution in [-0.4, -0.2) is 23.7 Å². The molecule has 4 N–H and O–H groups in total. The number of aliphatic hydroxyl groups excluding tert-OH is 1. The number of amides is 1. The highest BCUT2D eigenvalue weighted by Crippen LogP contribution is 2.23. The number of nitrogens with two attached hydrogens (primary N) is 1. The fourth-order valence-corrected chi connectivity index (χ4v) is 1.51. The molecule has 0 heterocycles. The normalized spacial score (nSPS) is 12.2. The Morgan fingerprint density at radius 1 is 1.67 bits per heavy atom. The smallest absolute Gasteiger partial charge is 0.252 e. The highest BCUT2D eigenvalue weighted by atomic mass is 79.9. The highest BCUT2D eigenvalue weighted by Gasteiger charge is 2.11. The molecule has 0 spiro atoms. The van der Waals surface area contributed by atoms with Crippen molar-refractivity contribution in [1.82, 2.24) is 5.32 Å². The summed E-state index contributed by atoms with van der Waals surface area (Å²) in [6.07, 6.45) is -0.561. The van der Waals surface area contributed by atoms with Gasteiger partial charge in [0.2, 0.25) is 0 Å². The van der Waals surface area contributed by atoms with E-state index in [9.17, 15) is 4.79 Å². The summed E-state index contributed by atoms with van der Waals surface area (Å²) >= 11 is 3.24. The Kier molecular flexibility index (Phi) is 4.11. The quantitative estimate of drug-likeness (QED) is 0.723. The maximum absolute atomic E-state index is 11.6. The van der Waals surface area contributed by atoms with E-state index >= 15 is 0 Å². The van der Waals surface area contributed by atoms with Crippen LogP contribution in [-0.2, 0) is 0 Å². The number of carbonyl (C=O) groups excluding carboxylic acids is 1. The monoisotopic (exact) mass is 272 g/mol. The van der Waals surface area contributed by atoms with Crippen LogP contribution in [0.1, 0.15) is 17.3 Å². The first-order valence-electron chi connectivity index (χ1n) is 4.52. The van der Waals surface area contributed by atoms with E-state index in [1.165, 1.54) is 0 Å². The fourth-order valence-electron chi connectivity index (χ4n) is 1.06. The third-order valence-electron chi connectivity index (χ3n) is 1.83. The molecule has 0 fully saturated rings. The van der Waals surface area contributed by atoms with Gasteiger partial charge in [0, 0.05) is 12.2 Å². The second kappa shape index (κ2) is 5.14. The number of halogens is 1. The summed E-state index contributed by atoms with van der Waals surface area (Å²) in [6, 6.07) is 5.07. The molecule has 0 aromatic heterocycles. The number of hydrogen-bond acceptors (Lipinski definition) is 3. The second-order valence-electron chi connectivity index (χ2n) is 3.27. The third-order valence-corrected chi connectivity index (χ3v) is 2.72. The highest BCUT2D eigenvalue weighted by molar-refractivity contribution is 9.10. The molecule has 4 nitrogen and oxygen atoms in total. The van der Waals surface area contributed by atoms with E-state index in [-0.39, 0.29) is 12.5 Å². The van der Waals surface area contributed by atoms with Crippen molar-refractivity contribution in [1.29, 1.82) is 0 Å². The lowest BCUT2D eigenvalue weighted by Crippen LogP contribution is -2.30. The minimum absolute atomic E-state index is 0.222. The summed E-state index contributed by atoms with van der Waals surface area (Å²) in [4.78, 5) is 11.6. The van der Waals surface area contributed by atoms with Crippen molar-refractivity contribution in [2.45, 2.75) is 13.0 Å². The number of anilines is 1. The summed E-state index contributed by atoms with van der Waals surface area (Å²) in [5, 5.41) is 11.6.